The third-order valence-corrected chi connectivity index (χ3v) is 3.75. The number of amides is 2. The fourth-order valence-corrected chi connectivity index (χ4v) is 2.76. The monoisotopic (exact) mass is 323 g/mol. The maximum Gasteiger partial charge on any atom is 0.319 e. The molecule has 0 aliphatic heterocycles. The van der Waals surface area contributed by atoms with Crippen LogP contribution in [0.25, 0.3) is 10.9 Å². The lowest BCUT2D eigenvalue weighted by molar-refractivity contribution is 0.249. The van der Waals surface area contributed by atoms with Gasteiger partial charge in [-0.15, -0.1) is 0 Å². The number of carbonyl (C=O) groups excluding carboxylic acids is 1. The number of H-pyrrole nitrogens is 1. The summed E-state index contributed by atoms with van der Waals surface area (Å²) >= 11 is 0. The quantitative estimate of drug-likeness (QED) is 0.689. The van der Waals surface area contributed by atoms with Crippen molar-refractivity contribution >= 4 is 22.6 Å². The molecular formula is C18H21N5O. The molecule has 3 aromatic rings. The van der Waals surface area contributed by atoms with Crippen molar-refractivity contribution in [2.24, 2.45) is 0 Å². The lowest BCUT2D eigenvalue weighted by atomic mass is 10.1. The highest BCUT2D eigenvalue weighted by Gasteiger charge is 2.12. The number of aryl methyl sites for hydroxylation is 2. The molecule has 24 heavy (non-hydrogen) atoms. The fourth-order valence-electron chi connectivity index (χ4n) is 2.76. The first kappa shape index (κ1) is 16.0. The van der Waals surface area contributed by atoms with Crippen molar-refractivity contribution in [2.45, 2.75) is 33.2 Å². The number of nitrogens with one attached hydrogen (secondary N) is 3. The lowest BCUT2D eigenvalue weighted by Crippen LogP contribution is -2.37. The number of hydrogen-bond donors (Lipinski definition) is 3. The highest BCUT2D eigenvalue weighted by atomic mass is 16.2. The Hall–Kier alpha value is -2.89. The second-order valence-corrected chi connectivity index (χ2v) is 6.13. The SMILES string of the molecule is Cc1cc(NC(=O)N[C@@H](C)Cc2cc(C)[nH]n2)c2ncccc2c1. The van der Waals surface area contributed by atoms with Crippen LogP contribution >= 0.6 is 0 Å². The number of fused-ring (bicyclic) bond motifs is 1. The van der Waals surface area contributed by atoms with E-state index in [1.807, 2.05) is 51.1 Å². The molecular weight excluding hydrogens is 302 g/mol. The Morgan fingerprint density at radius 3 is 2.88 bits per heavy atom. The molecule has 0 saturated carbocycles. The van der Waals surface area contributed by atoms with E-state index >= 15 is 0 Å². The van der Waals surface area contributed by atoms with Crippen molar-refractivity contribution in [2.75, 3.05) is 5.32 Å². The Morgan fingerprint density at radius 1 is 1.29 bits per heavy atom. The Labute approximate surface area is 140 Å². The van der Waals surface area contributed by atoms with E-state index in [1.165, 1.54) is 0 Å². The van der Waals surface area contributed by atoms with Crippen molar-refractivity contribution in [3.05, 3.63) is 53.5 Å². The number of benzene rings is 1. The van der Waals surface area contributed by atoms with Crippen molar-refractivity contribution < 1.29 is 4.79 Å². The minimum atomic E-state index is -0.243. The molecule has 0 aliphatic carbocycles. The molecule has 2 aromatic heterocycles. The van der Waals surface area contributed by atoms with Gasteiger partial charge in [-0.05, 0) is 50.6 Å². The van der Waals surface area contributed by atoms with Crippen LogP contribution in [0.4, 0.5) is 10.5 Å². The maximum absolute atomic E-state index is 12.3. The number of carbonyl (C=O) groups is 1. The van der Waals surface area contributed by atoms with Crippen LogP contribution in [0.15, 0.2) is 36.5 Å². The molecule has 2 amide bonds. The average Bonchev–Trinajstić information content (AvgIpc) is 2.91. The first-order valence-corrected chi connectivity index (χ1v) is 7.95. The average molecular weight is 323 g/mol. The second kappa shape index (κ2) is 6.70. The van der Waals surface area contributed by atoms with Gasteiger partial charge in [0.1, 0.15) is 0 Å². The summed E-state index contributed by atoms with van der Waals surface area (Å²) in [5, 5.41) is 14.0. The zero-order chi connectivity index (χ0) is 17.1. The van der Waals surface area contributed by atoms with E-state index in [0.29, 0.717) is 12.1 Å². The van der Waals surface area contributed by atoms with Crippen LogP contribution < -0.4 is 10.6 Å². The molecule has 0 aliphatic rings. The van der Waals surface area contributed by atoms with Gasteiger partial charge >= 0.3 is 6.03 Å². The highest BCUT2D eigenvalue weighted by Crippen LogP contribution is 2.23. The van der Waals surface area contributed by atoms with Crippen LogP contribution in [0.1, 0.15) is 23.9 Å². The summed E-state index contributed by atoms with van der Waals surface area (Å²) in [6.45, 7) is 5.91. The number of aromatic amines is 1. The molecule has 0 unspecified atom stereocenters. The van der Waals surface area contributed by atoms with Gasteiger partial charge in [-0.2, -0.15) is 5.10 Å². The Balaban J connectivity index is 1.68. The van der Waals surface area contributed by atoms with E-state index in [-0.39, 0.29) is 12.1 Å². The van der Waals surface area contributed by atoms with Gasteiger partial charge in [0.2, 0.25) is 0 Å². The highest BCUT2D eigenvalue weighted by molar-refractivity contribution is 6.00. The van der Waals surface area contributed by atoms with Crippen LogP contribution in [-0.4, -0.2) is 27.3 Å². The maximum atomic E-state index is 12.3. The van der Waals surface area contributed by atoms with Crippen LogP contribution in [0.3, 0.4) is 0 Å². The van der Waals surface area contributed by atoms with Crippen LogP contribution in [0.5, 0.6) is 0 Å². The topological polar surface area (TPSA) is 82.7 Å². The summed E-state index contributed by atoms with van der Waals surface area (Å²) in [4.78, 5) is 16.7. The van der Waals surface area contributed by atoms with Gasteiger partial charge in [0.25, 0.3) is 0 Å². The zero-order valence-corrected chi connectivity index (χ0v) is 14.1. The summed E-state index contributed by atoms with van der Waals surface area (Å²) < 4.78 is 0. The van der Waals surface area contributed by atoms with Gasteiger partial charge in [-0.3, -0.25) is 10.1 Å². The van der Waals surface area contributed by atoms with Gasteiger partial charge in [-0.1, -0.05) is 6.07 Å². The van der Waals surface area contributed by atoms with Gasteiger partial charge in [-0.25, -0.2) is 4.79 Å². The zero-order valence-electron chi connectivity index (χ0n) is 14.1. The number of anilines is 1. The Kier molecular flexibility index (Phi) is 4.46. The summed E-state index contributed by atoms with van der Waals surface area (Å²) in [5.41, 5.74) is 4.52. The van der Waals surface area contributed by atoms with E-state index in [4.69, 9.17) is 0 Å². The fraction of sp³-hybridized carbons (Fsp3) is 0.278. The van der Waals surface area contributed by atoms with Gasteiger partial charge < -0.3 is 10.6 Å². The molecule has 124 valence electrons. The molecule has 6 heteroatoms. The number of rotatable bonds is 4. The largest absolute Gasteiger partial charge is 0.335 e. The standard InChI is InChI=1S/C18H21N5O/c1-11-7-14-5-4-6-19-17(14)16(8-11)21-18(24)20-12(2)9-15-10-13(3)22-23-15/h4-8,10,12H,9H2,1-3H3,(H,22,23)(H2,20,21,24)/t12-/m0/s1. The number of nitrogens with zero attached hydrogens (tertiary/aromatic N) is 2. The molecule has 0 radical (unpaired) electrons. The first-order valence-electron chi connectivity index (χ1n) is 7.95. The normalized spacial score (nSPS) is 12.1. The van der Waals surface area contributed by atoms with Crippen LogP contribution in [-0.2, 0) is 6.42 Å². The van der Waals surface area contributed by atoms with Gasteiger partial charge in [0, 0.05) is 29.7 Å². The molecule has 0 bridgehead atoms. The lowest BCUT2D eigenvalue weighted by Gasteiger charge is -2.15. The summed E-state index contributed by atoms with van der Waals surface area (Å²) in [6, 6.07) is 9.56. The Morgan fingerprint density at radius 2 is 2.12 bits per heavy atom. The molecule has 3 N–H and O–H groups in total. The van der Waals surface area contributed by atoms with E-state index in [9.17, 15) is 4.79 Å². The van der Waals surface area contributed by atoms with Crippen molar-refractivity contribution in [3.63, 3.8) is 0 Å². The first-order chi connectivity index (χ1) is 11.5. The van der Waals surface area contributed by atoms with Crippen molar-refractivity contribution in [1.29, 1.82) is 0 Å². The third kappa shape index (κ3) is 3.71. The van der Waals surface area contributed by atoms with E-state index in [1.54, 1.807) is 6.20 Å². The van der Waals surface area contributed by atoms with E-state index in [2.05, 4.69) is 25.8 Å². The molecule has 3 rings (SSSR count). The molecule has 1 atom stereocenters. The minimum Gasteiger partial charge on any atom is -0.335 e. The second-order valence-electron chi connectivity index (χ2n) is 6.13. The van der Waals surface area contributed by atoms with Gasteiger partial charge in [0.05, 0.1) is 16.9 Å². The predicted octanol–water partition coefficient (Wildman–Crippen LogP) is 3.33. The summed E-state index contributed by atoms with van der Waals surface area (Å²) in [7, 11) is 0. The number of pyridine rings is 1. The molecule has 2 heterocycles. The van der Waals surface area contributed by atoms with Crippen molar-refractivity contribution in [3.8, 4) is 0 Å². The van der Waals surface area contributed by atoms with E-state index < -0.39 is 0 Å². The van der Waals surface area contributed by atoms with Crippen LogP contribution in [0, 0.1) is 13.8 Å². The minimum absolute atomic E-state index is 0.0308. The van der Waals surface area contributed by atoms with E-state index in [0.717, 1.165) is 27.9 Å². The van der Waals surface area contributed by atoms with Crippen LogP contribution in [0.2, 0.25) is 0 Å². The number of hydrogen-bond acceptors (Lipinski definition) is 3. The molecule has 0 spiro atoms. The third-order valence-electron chi connectivity index (χ3n) is 3.75. The van der Waals surface area contributed by atoms with Crippen molar-refractivity contribution in [1.82, 2.24) is 20.5 Å². The molecule has 6 nitrogen and oxygen atoms in total. The molecule has 0 saturated heterocycles. The predicted molar refractivity (Wildman–Crippen MR) is 95.1 cm³/mol. The molecule has 1 aromatic carbocycles. The number of aromatic nitrogens is 3. The summed E-state index contributed by atoms with van der Waals surface area (Å²) in [5.74, 6) is 0. The number of urea groups is 1. The summed E-state index contributed by atoms with van der Waals surface area (Å²) in [6.07, 6.45) is 2.40. The molecule has 0 fully saturated rings. The smallest absolute Gasteiger partial charge is 0.319 e. The van der Waals surface area contributed by atoms with Gasteiger partial charge in [0.15, 0.2) is 0 Å². The Bertz CT molecular complexity index is 871.